The van der Waals surface area contributed by atoms with E-state index in [1.807, 2.05) is 0 Å². The lowest BCUT2D eigenvalue weighted by atomic mass is 10.2. The van der Waals surface area contributed by atoms with Crippen molar-refractivity contribution in [3.8, 4) is 0 Å². The number of carboxylic acids is 1. The topological polar surface area (TPSA) is 78.0 Å². The second-order valence-electron chi connectivity index (χ2n) is 3.46. The molecular weight excluding hydrogens is 225 g/mol. The van der Waals surface area contributed by atoms with Crippen LogP contribution in [0.4, 0.5) is 10.2 Å². The number of nitrogens with zero attached hydrogens (tertiary/aromatic N) is 1. The number of aromatic carboxylic acids is 1. The third kappa shape index (κ3) is 2.81. The van der Waals surface area contributed by atoms with Gasteiger partial charge in [-0.25, -0.2) is 9.18 Å². The number of carboxylic acid groups (broad SMARTS) is 1. The Labute approximate surface area is 96.3 Å². The van der Waals surface area contributed by atoms with Crippen molar-refractivity contribution in [1.82, 2.24) is 10.2 Å². The molecule has 0 aliphatic carbocycles. The number of nitrogens with one attached hydrogen (secondary N) is 2. The van der Waals surface area contributed by atoms with E-state index in [0.717, 1.165) is 5.56 Å². The summed E-state index contributed by atoms with van der Waals surface area (Å²) in [6, 6.07) is 7.51. The lowest BCUT2D eigenvalue weighted by Gasteiger charge is -2.02. The van der Waals surface area contributed by atoms with Crippen LogP contribution in [-0.2, 0) is 6.54 Å². The van der Waals surface area contributed by atoms with Crippen LogP contribution in [-0.4, -0.2) is 21.3 Å². The number of anilines is 1. The summed E-state index contributed by atoms with van der Waals surface area (Å²) in [7, 11) is 0. The molecule has 6 heteroatoms. The van der Waals surface area contributed by atoms with Crippen LogP contribution in [0.25, 0.3) is 0 Å². The van der Waals surface area contributed by atoms with Crippen LogP contribution < -0.4 is 5.32 Å². The van der Waals surface area contributed by atoms with Crippen LogP contribution >= 0.6 is 0 Å². The van der Waals surface area contributed by atoms with Crippen LogP contribution in [0.5, 0.6) is 0 Å². The Morgan fingerprint density at radius 3 is 2.94 bits per heavy atom. The molecule has 0 aliphatic heterocycles. The van der Waals surface area contributed by atoms with Crippen molar-refractivity contribution in [3.05, 3.63) is 47.4 Å². The highest BCUT2D eigenvalue weighted by atomic mass is 19.1. The fourth-order valence-corrected chi connectivity index (χ4v) is 1.36. The van der Waals surface area contributed by atoms with E-state index in [4.69, 9.17) is 5.11 Å². The second kappa shape index (κ2) is 4.65. The molecule has 3 N–H and O–H groups in total. The number of benzene rings is 1. The van der Waals surface area contributed by atoms with Gasteiger partial charge in [0.1, 0.15) is 17.3 Å². The van der Waals surface area contributed by atoms with Gasteiger partial charge in [-0.2, -0.15) is 5.10 Å². The summed E-state index contributed by atoms with van der Waals surface area (Å²) in [6.07, 6.45) is 0. The highest BCUT2D eigenvalue weighted by molar-refractivity contribution is 5.86. The Balaban J connectivity index is 2.00. The molecule has 0 amide bonds. The quantitative estimate of drug-likeness (QED) is 0.755. The molecule has 0 radical (unpaired) electrons. The molecule has 17 heavy (non-hydrogen) atoms. The first-order valence-electron chi connectivity index (χ1n) is 4.92. The Bertz CT molecular complexity index is 539. The van der Waals surface area contributed by atoms with Gasteiger partial charge in [0.25, 0.3) is 0 Å². The van der Waals surface area contributed by atoms with Crippen molar-refractivity contribution in [3.63, 3.8) is 0 Å². The van der Waals surface area contributed by atoms with E-state index in [9.17, 15) is 9.18 Å². The second-order valence-corrected chi connectivity index (χ2v) is 3.46. The molecule has 5 nitrogen and oxygen atoms in total. The zero-order valence-electron chi connectivity index (χ0n) is 8.77. The molecule has 0 atom stereocenters. The number of halogens is 1. The van der Waals surface area contributed by atoms with E-state index < -0.39 is 5.97 Å². The van der Waals surface area contributed by atoms with Gasteiger partial charge in [0.15, 0.2) is 0 Å². The molecule has 0 spiro atoms. The van der Waals surface area contributed by atoms with Crippen molar-refractivity contribution in [2.45, 2.75) is 6.54 Å². The first-order chi connectivity index (χ1) is 8.15. The van der Waals surface area contributed by atoms with E-state index in [1.54, 1.807) is 12.1 Å². The summed E-state index contributed by atoms with van der Waals surface area (Å²) in [5.74, 6) is -0.972. The zero-order chi connectivity index (χ0) is 12.3. The van der Waals surface area contributed by atoms with Gasteiger partial charge < -0.3 is 10.4 Å². The number of aromatic amines is 1. The van der Waals surface area contributed by atoms with E-state index in [1.165, 1.54) is 18.2 Å². The van der Waals surface area contributed by atoms with Gasteiger partial charge in [0, 0.05) is 12.6 Å². The van der Waals surface area contributed by atoms with Gasteiger partial charge in [0.05, 0.1) is 0 Å². The van der Waals surface area contributed by atoms with E-state index in [0.29, 0.717) is 12.4 Å². The van der Waals surface area contributed by atoms with Crippen LogP contribution in [0.3, 0.4) is 0 Å². The average Bonchev–Trinajstić information content (AvgIpc) is 2.75. The Hall–Kier alpha value is -2.37. The predicted molar refractivity (Wildman–Crippen MR) is 59.3 cm³/mol. The van der Waals surface area contributed by atoms with Crippen LogP contribution in [0.1, 0.15) is 16.1 Å². The normalized spacial score (nSPS) is 10.2. The Morgan fingerprint density at radius 1 is 1.47 bits per heavy atom. The van der Waals surface area contributed by atoms with Crippen molar-refractivity contribution < 1.29 is 14.3 Å². The molecule has 0 aliphatic rings. The van der Waals surface area contributed by atoms with Gasteiger partial charge in [-0.05, 0) is 17.7 Å². The van der Waals surface area contributed by atoms with Crippen molar-refractivity contribution >= 4 is 11.8 Å². The maximum atomic E-state index is 12.9. The molecule has 0 saturated heterocycles. The molecule has 0 bridgehead atoms. The van der Waals surface area contributed by atoms with Crippen molar-refractivity contribution in [1.29, 1.82) is 0 Å². The van der Waals surface area contributed by atoms with E-state index in [-0.39, 0.29) is 11.5 Å². The zero-order valence-corrected chi connectivity index (χ0v) is 8.77. The minimum absolute atomic E-state index is 0.00624. The fourth-order valence-electron chi connectivity index (χ4n) is 1.36. The molecule has 0 saturated carbocycles. The maximum Gasteiger partial charge on any atom is 0.353 e. The monoisotopic (exact) mass is 235 g/mol. The summed E-state index contributed by atoms with van der Waals surface area (Å²) in [5.41, 5.74) is 0.761. The summed E-state index contributed by atoms with van der Waals surface area (Å²) in [5, 5.41) is 17.7. The predicted octanol–water partition coefficient (Wildman–Crippen LogP) is 1.86. The van der Waals surface area contributed by atoms with Gasteiger partial charge in [-0.3, -0.25) is 5.10 Å². The molecule has 2 rings (SSSR count). The maximum absolute atomic E-state index is 12.9. The molecule has 88 valence electrons. The standard InChI is InChI=1S/C11H10FN3O2/c12-8-3-1-2-7(4-8)6-13-10-5-9(11(16)17)14-15-10/h1-5H,6H2,(H,16,17)(H2,13,14,15). The number of H-pyrrole nitrogens is 1. The Kier molecular flexibility index (Phi) is 3.04. The van der Waals surface area contributed by atoms with Crippen molar-refractivity contribution in [2.75, 3.05) is 5.32 Å². The fraction of sp³-hybridized carbons (Fsp3) is 0.0909. The highest BCUT2D eigenvalue weighted by Gasteiger charge is 2.06. The number of hydrogen-bond donors (Lipinski definition) is 3. The largest absolute Gasteiger partial charge is 0.477 e. The first-order valence-corrected chi connectivity index (χ1v) is 4.92. The smallest absolute Gasteiger partial charge is 0.353 e. The molecule has 2 aromatic rings. The van der Waals surface area contributed by atoms with Gasteiger partial charge in [0.2, 0.25) is 0 Å². The SMILES string of the molecule is O=C(O)c1cc(NCc2cccc(F)c2)n[nH]1. The Morgan fingerprint density at radius 2 is 2.29 bits per heavy atom. The van der Waals surface area contributed by atoms with Gasteiger partial charge in [-0.1, -0.05) is 12.1 Å². The van der Waals surface area contributed by atoms with E-state index >= 15 is 0 Å². The molecular formula is C11H10FN3O2. The van der Waals surface area contributed by atoms with E-state index in [2.05, 4.69) is 15.5 Å². The minimum atomic E-state index is -1.07. The average molecular weight is 235 g/mol. The van der Waals surface area contributed by atoms with Crippen LogP contribution in [0.15, 0.2) is 30.3 Å². The molecule has 1 aromatic heterocycles. The molecule has 0 unspecified atom stereocenters. The lowest BCUT2D eigenvalue weighted by molar-refractivity contribution is 0.0690. The molecule has 1 aromatic carbocycles. The number of aromatic nitrogens is 2. The number of carbonyl (C=O) groups is 1. The summed E-state index contributed by atoms with van der Waals surface area (Å²) >= 11 is 0. The summed E-state index contributed by atoms with van der Waals surface area (Å²) in [6.45, 7) is 0.377. The first kappa shape index (κ1) is 11.1. The molecule has 1 heterocycles. The third-order valence-corrected chi connectivity index (χ3v) is 2.17. The summed E-state index contributed by atoms with van der Waals surface area (Å²) < 4.78 is 12.9. The van der Waals surface area contributed by atoms with Gasteiger partial charge >= 0.3 is 5.97 Å². The lowest BCUT2D eigenvalue weighted by Crippen LogP contribution is -1.99. The van der Waals surface area contributed by atoms with Crippen molar-refractivity contribution in [2.24, 2.45) is 0 Å². The van der Waals surface area contributed by atoms with Gasteiger partial charge in [-0.15, -0.1) is 0 Å². The highest BCUT2D eigenvalue weighted by Crippen LogP contribution is 2.09. The minimum Gasteiger partial charge on any atom is -0.477 e. The van der Waals surface area contributed by atoms with Crippen LogP contribution in [0.2, 0.25) is 0 Å². The number of rotatable bonds is 4. The third-order valence-electron chi connectivity index (χ3n) is 2.17. The van der Waals surface area contributed by atoms with Crippen LogP contribution in [0, 0.1) is 5.82 Å². The number of hydrogen-bond acceptors (Lipinski definition) is 3. The molecule has 0 fully saturated rings. The summed E-state index contributed by atoms with van der Waals surface area (Å²) in [4.78, 5) is 10.6.